The number of carboxylic acid groups (broad SMARTS) is 1. The molecule has 3 aromatic heterocycles. The number of H-pyrrole nitrogens is 2. The molecule has 0 aliphatic carbocycles. The van der Waals surface area contributed by atoms with Gasteiger partial charge in [0.2, 0.25) is 59.1 Å². The fraction of sp³-hybridized carbons (Fsp3) is 0.408. The predicted octanol–water partition coefficient (Wildman–Crippen LogP) is 3.12. The van der Waals surface area contributed by atoms with Gasteiger partial charge in [0.05, 0.1) is 19.3 Å². The number of aryl methyl sites for hydroxylation is 1. The molecule has 4 aromatic carbocycles. The van der Waals surface area contributed by atoms with E-state index >= 15 is 24.0 Å². The molecule has 1 saturated heterocycles. The van der Waals surface area contributed by atoms with Gasteiger partial charge < -0.3 is 75.8 Å². The number of nitrogens with one attached hydrogen (secondary N) is 5. The summed E-state index contributed by atoms with van der Waals surface area (Å²) in [6, 6.07) is 17.3. The summed E-state index contributed by atoms with van der Waals surface area (Å²) in [4.78, 5) is 177. The predicted molar refractivity (Wildman–Crippen MR) is 378 cm³/mol. The van der Waals surface area contributed by atoms with Gasteiger partial charge in [-0.25, -0.2) is 4.98 Å². The first-order valence-corrected chi connectivity index (χ1v) is 35.2. The zero-order chi connectivity index (χ0) is 72.1. The van der Waals surface area contributed by atoms with Crippen molar-refractivity contribution in [2.24, 2.45) is 12.8 Å². The smallest absolute Gasteiger partial charge is 0.305 e. The van der Waals surface area contributed by atoms with Crippen LogP contribution in [0.25, 0.3) is 21.8 Å². The number of rotatable bonds is 11. The Labute approximate surface area is 587 Å². The van der Waals surface area contributed by atoms with Crippen molar-refractivity contribution >= 4 is 110 Å². The Morgan fingerprint density at radius 3 is 1.98 bits per heavy atom. The van der Waals surface area contributed by atoms with Gasteiger partial charge in [-0.05, 0) is 71.8 Å². The van der Waals surface area contributed by atoms with Crippen LogP contribution in [-0.2, 0) is 97.0 Å². The number of phenolic OH excluding ortho intramolecular Hbond substituents is 1. The number of thioether (sulfide) groups is 2. The van der Waals surface area contributed by atoms with Crippen LogP contribution in [0.15, 0.2) is 122 Å². The third kappa shape index (κ3) is 18.2. The number of aromatic amines is 2. The van der Waals surface area contributed by atoms with Gasteiger partial charge in [-0.1, -0.05) is 72.8 Å². The number of carbonyl (C=O) groups is 11. The van der Waals surface area contributed by atoms with E-state index in [9.17, 15) is 39.0 Å². The molecule has 0 radical (unpaired) electrons. The summed E-state index contributed by atoms with van der Waals surface area (Å²) in [6.07, 6.45) is 5.09. The number of benzene rings is 4. The molecule has 10 amide bonds. The summed E-state index contributed by atoms with van der Waals surface area (Å²) in [7, 11) is 8.56. The number of carboxylic acids is 1. The van der Waals surface area contributed by atoms with Gasteiger partial charge in [-0.2, -0.15) is 23.5 Å². The van der Waals surface area contributed by atoms with E-state index in [0.29, 0.717) is 51.4 Å². The summed E-state index contributed by atoms with van der Waals surface area (Å²) >= 11 is 2.86. The normalized spacial score (nSPS) is 22.6. The van der Waals surface area contributed by atoms with Crippen molar-refractivity contribution < 1.29 is 63.0 Å². The molecule has 27 nitrogen and oxygen atoms in total. The van der Waals surface area contributed by atoms with Gasteiger partial charge in [-0.15, -0.1) is 0 Å². The van der Waals surface area contributed by atoms with Gasteiger partial charge in [0, 0.05) is 150 Å². The SMILES string of the molecule is C[C@@H]1NC(=O)CCSCc2cccc(c2)CSC[C@@H](C(N)=O)NC(=O)[C@@H]2CCCN2C(=O)[C@H](Cc2ccc(O)cc2)N(C)C(=O)[C@H](Cc2cnc[nH]2)NC(=O)[C@H](CC(=O)O)N(C)C(=O)[C@H](Cc2cn(C)c3ccccc23)N(C)C(=O)[C@H](Cc2c[nH]c3ccccc23)N(C)C(=O)CN(C)C1=O. The number of carbonyl (C=O) groups excluding carboxylic acids is 10. The van der Waals surface area contributed by atoms with Crippen molar-refractivity contribution in [2.45, 2.75) is 118 Å². The number of aliphatic carboxylic acids is 1. The topological polar surface area (TPSA) is 359 Å². The van der Waals surface area contributed by atoms with E-state index in [2.05, 4.69) is 30.9 Å². The Balaban J connectivity index is 1.09. The second-order valence-electron chi connectivity index (χ2n) is 25.6. The van der Waals surface area contributed by atoms with Crippen LogP contribution in [0.3, 0.4) is 0 Å². The van der Waals surface area contributed by atoms with Crippen LogP contribution >= 0.6 is 23.5 Å². The monoisotopic (exact) mass is 1410 g/mol. The Morgan fingerprint density at radius 2 is 1.29 bits per heavy atom. The lowest BCUT2D eigenvalue weighted by molar-refractivity contribution is -0.154. The average molecular weight is 1410 g/mol. The van der Waals surface area contributed by atoms with Gasteiger partial charge >= 0.3 is 5.97 Å². The molecule has 29 heteroatoms. The Kier molecular flexibility index (Phi) is 24.9. The van der Waals surface area contributed by atoms with Crippen molar-refractivity contribution in [1.29, 1.82) is 0 Å². The summed E-state index contributed by atoms with van der Waals surface area (Å²) in [5.41, 5.74) is 11.3. The maximum atomic E-state index is 15.8. The van der Waals surface area contributed by atoms with Crippen LogP contribution in [0.1, 0.15) is 66.1 Å². The number of primary amides is 1. The van der Waals surface area contributed by atoms with Gasteiger partial charge in [0.15, 0.2) is 0 Å². The first-order chi connectivity index (χ1) is 47.8. The lowest BCUT2D eigenvalue weighted by atomic mass is 9.98. The second-order valence-corrected chi connectivity index (χ2v) is 27.7. The highest BCUT2D eigenvalue weighted by Gasteiger charge is 2.44. The Hall–Kier alpha value is -10.2. The lowest BCUT2D eigenvalue weighted by Crippen LogP contribution is -2.61. The molecule has 0 spiro atoms. The largest absolute Gasteiger partial charge is 0.508 e. The van der Waals surface area contributed by atoms with Gasteiger partial charge in [0.1, 0.15) is 54.1 Å². The molecule has 9 N–H and O–H groups in total. The Bertz CT molecular complexity index is 4140. The molecule has 0 unspecified atom stereocenters. The molecule has 100 heavy (non-hydrogen) atoms. The van der Waals surface area contributed by atoms with Crippen molar-refractivity contribution in [1.82, 2.24) is 64.9 Å². The fourth-order valence-corrected chi connectivity index (χ4v) is 14.8. The van der Waals surface area contributed by atoms with Crippen LogP contribution in [-0.4, -0.2) is 232 Å². The van der Waals surface area contributed by atoms with Crippen LogP contribution in [0.4, 0.5) is 0 Å². The molecule has 530 valence electrons. The molecule has 1 fully saturated rings. The van der Waals surface area contributed by atoms with Crippen molar-refractivity contribution in [2.75, 3.05) is 59.8 Å². The summed E-state index contributed by atoms with van der Waals surface area (Å²) in [5.74, 6) is -7.53. The summed E-state index contributed by atoms with van der Waals surface area (Å²) in [6.45, 7) is 1.05. The number of nitrogens with zero attached hydrogens (tertiary/aromatic N) is 8. The number of para-hydroxylation sites is 2. The number of phenols is 1. The van der Waals surface area contributed by atoms with Crippen molar-refractivity contribution in [3.63, 3.8) is 0 Å². The number of amides is 10. The fourth-order valence-electron chi connectivity index (χ4n) is 12.9. The van der Waals surface area contributed by atoms with E-state index in [4.69, 9.17) is 5.73 Å². The zero-order valence-electron chi connectivity index (χ0n) is 56.9. The second kappa shape index (κ2) is 33.6. The maximum Gasteiger partial charge on any atom is 0.305 e. The lowest BCUT2D eigenvalue weighted by Gasteiger charge is -2.38. The molecule has 2 bridgehead atoms. The number of likely N-dealkylation sites (N-methyl/N-ethyl adjacent to an activating group) is 5. The van der Waals surface area contributed by atoms with E-state index in [1.807, 2.05) is 84.4 Å². The molecular weight excluding hydrogens is 1320 g/mol. The number of fused-ring (bicyclic) bond motifs is 5. The quantitative estimate of drug-likeness (QED) is 0.0922. The molecule has 0 saturated carbocycles. The first kappa shape index (κ1) is 74.1. The molecule has 5 heterocycles. The summed E-state index contributed by atoms with van der Waals surface area (Å²) in [5, 5.41) is 30.6. The number of hydrogen-bond donors (Lipinski definition) is 8. The first-order valence-electron chi connectivity index (χ1n) is 32.9. The van der Waals surface area contributed by atoms with E-state index < -0.39 is 126 Å². The van der Waals surface area contributed by atoms with E-state index in [1.165, 1.54) is 105 Å². The molecule has 8 atom stereocenters. The van der Waals surface area contributed by atoms with Crippen LogP contribution < -0.4 is 21.7 Å². The minimum Gasteiger partial charge on any atom is -0.508 e. The van der Waals surface area contributed by atoms with Gasteiger partial charge in [-0.3, -0.25) is 52.7 Å². The highest BCUT2D eigenvalue weighted by molar-refractivity contribution is 7.98. The standard InChI is InChI=1S/C71H86N14O13S2/c1-42-67(94)80(3)37-62(88)81(4)59(30-46-34-74-52-18-10-8-16-50(46)52)69(96)84(7)60(31-47-36-79(2)55-19-11-9-17-51(47)55)70(97)82(5)57(33-63(89)90)66(93)77-53(32-48-35-73-41-75-48)68(95)83(6)58(29-43-21-23-49(86)24-22-43)71(98)85-26-13-20-56(85)65(92)78-54(64(72)91)40-100-39-45-15-12-14-44(28-45)38-99-27-25-61(87)76-42/h8-12,14-19,21-24,28,34-36,41-42,53-54,56-60,74,86H,13,20,25-27,29-33,37-40H2,1-7H3,(H2,72,91)(H,73,75)(H,76,87)(H,77,93)(H,78,92)(H,89,90)/t42-,53-,54-,56-,57-,58-,59-,60-/m0/s1. The van der Waals surface area contributed by atoms with E-state index in [0.717, 1.165) is 42.2 Å². The maximum absolute atomic E-state index is 15.8. The number of aromatic hydroxyl groups is 1. The number of aromatic nitrogens is 4. The zero-order valence-corrected chi connectivity index (χ0v) is 58.6. The third-order valence-electron chi connectivity index (χ3n) is 18.6. The highest BCUT2D eigenvalue weighted by Crippen LogP contribution is 2.29. The highest BCUT2D eigenvalue weighted by atomic mass is 32.2. The minimum absolute atomic E-state index is 0.0683. The van der Waals surface area contributed by atoms with E-state index in [-0.39, 0.29) is 56.6 Å². The van der Waals surface area contributed by atoms with Crippen LogP contribution in [0.2, 0.25) is 0 Å². The minimum atomic E-state index is -1.88. The molecular formula is C71H86N14O13S2. The Morgan fingerprint density at radius 1 is 0.650 bits per heavy atom. The molecule has 2 aliphatic heterocycles. The average Bonchev–Trinajstić information content (AvgIpc) is 1.75. The van der Waals surface area contributed by atoms with Crippen LogP contribution in [0, 0.1) is 0 Å². The van der Waals surface area contributed by atoms with Crippen LogP contribution in [0.5, 0.6) is 5.75 Å². The molecule has 2 aliphatic rings. The van der Waals surface area contributed by atoms with Crippen molar-refractivity contribution in [3.05, 3.63) is 155 Å². The molecule has 7 aromatic rings. The molecule has 9 rings (SSSR count). The third-order valence-corrected chi connectivity index (χ3v) is 20.7. The number of hydrogen-bond acceptors (Lipinski definition) is 15. The van der Waals surface area contributed by atoms with Gasteiger partial charge in [0.25, 0.3) is 0 Å². The number of imidazole rings is 1. The van der Waals surface area contributed by atoms with E-state index in [1.54, 1.807) is 24.5 Å². The summed E-state index contributed by atoms with van der Waals surface area (Å²) < 4.78 is 1.84. The number of nitrogens with two attached hydrogens (primary N) is 1. The van der Waals surface area contributed by atoms with Crippen molar-refractivity contribution in [3.8, 4) is 5.75 Å².